The van der Waals surface area contributed by atoms with Crippen molar-refractivity contribution in [3.8, 4) is 0 Å². The molecule has 0 aromatic carbocycles. The highest BCUT2D eigenvalue weighted by molar-refractivity contribution is 7.98. The van der Waals surface area contributed by atoms with E-state index in [1.165, 1.54) is 23.1 Å². The van der Waals surface area contributed by atoms with Gasteiger partial charge in [-0.3, -0.25) is 4.79 Å². The van der Waals surface area contributed by atoms with Crippen LogP contribution < -0.4 is 5.32 Å². The number of carbonyl (C=O) groups excluding carboxylic acids is 1. The van der Waals surface area contributed by atoms with E-state index in [2.05, 4.69) is 20.3 Å². The summed E-state index contributed by atoms with van der Waals surface area (Å²) in [7, 11) is 0. The minimum absolute atomic E-state index is 0.00478. The van der Waals surface area contributed by atoms with Gasteiger partial charge in [0, 0.05) is 22.7 Å². The van der Waals surface area contributed by atoms with Crippen LogP contribution in [0.15, 0.2) is 5.16 Å². The third kappa shape index (κ3) is 3.72. The maximum atomic E-state index is 12.2. The number of carbonyl (C=O) groups is 1. The summed E-state index contributed by atoms with van der Waals surface area (Å²) in [5, 5.41) is 4.45. The zero-order chi connectivity index (χ0) is 16.4. The predicted octanol–water partition coefficient (Wildman–Crippen LogP) is 3.33. The molecule has 1 aliphatic rings. The Labute approximate surface area is 144 Å². The number of amides is 1. The lowest BCUT2D eigenvalue weighted by atomic mass is 10.1. The van der Waals surface area contributed by atoms with Crippen LogP contribution in [0.25, 0.3) is 0 Å². The SMILES string of the molecule is CSc1nc(C)c(CCC(=O)Nc2nc3c(s2)CCC3)c(C)n1. The maximum absolute atomic E-state index is 12.2. The van der Waals surface area contributed by atoms with Crippen molar-refractivity contribution in [2.45, 2.75) is 51.1 Å². The molecule has 2 heterocycles. The number of thioether (sulfide) groups is 1. The average molecular weight is 348 g/mol. The minimum Gasteiger partial charge on any atom is -0.302 e. The van der Waals surface area contributed by atoms with Crippen LogP contribution in [0.1, 0.15) is 40.4 Å². The zero-order valence-corrected chi connectivity index (χ0v) is 15.2. The van der Waals surface area contributed by atoms with Gasteiger partial charge in [-0.15, -0.1) is 11.3 Å². The molecule has 0 fully saturated rings. The molecule has 1 N–H and O–H groups in total. The van der Waals surface area contributed by atoms with Crippen molar-refractivity contribution >= 4 is 34.1 Å². The lowest BCUT2D eigenvalue weighted by molar-refractivity contribution is -0.116. The molecule has 5 nitrogen and oxygen atoms in total. The third-order valence-electron chi connectivity index (χ3n) is 4.03. The number of hydrogen-bond donors (Lipinski definition) is 1. The van der Waals surface area contributed by atoms with Gasteiger partial charge in [0.15, 0.2) is 10.3 Å². The number of nitrogens with zero attached hydrogens (tertiary/aromatic N) is 3. The Bertz CT molecular complexity index is 697. The van der Waals surface area contributed by atoms with Crippen LogP contribution in [0.5, 0.6) is 0 Å². The highest BCUT2D eigenvalue weighted by atomic mass is 32.2. The molecule has 0 spiro atoms. The summed E-state index contributed by atoms with van der Waals surface area (Å²) in [6.45, 7) is 3.96. The number of anilines is 1. The number of nitrogens with one attached hydrogen (secondary N) is 1. The predicted molar refractivity (Wildman–Crippen MR) is 94.4 cm³/mol. The fourth-order valence-corrected chi connectivity index (χ4v) is 4.35. The number of thiazole rings is 1. The van der Waals surface area contributed by atoms with Gasteiger partial charge in [0.05, 0.1) is 5.69 Å². The zero-order valence-electron chi connectivity index (χ0n) is 13.6. The molecule has 2 aromatic heterocycles. The van der Waals surface area contributed by atoms with Gasteiger partial charge in [-0.25, -0.2) is 15.0 Å². The number of fused-ring (bicyclic) bond motifs is 1. The monoisotopic (exact) mass is 348 g/mol. The van der Waals surface area contributed by atoms with Crippen molar-refractivity contribution in [1.82, 2.24) is 15.0 Å². The number of aryl methyl sites for hydroxylation is 4. The fraction of sp³-hybridized carbons (Fsp3) is 0.500. The van der Waals surface area contributed by atoms with E-state index in [9.17, 15) is 4.79 Å². The topological polar surface area (TPSA) is 67.8 Å². The Morgan fingerprint density at radius 1 is 1.22 bits per heavy atom. The van der Waals surface area contributed by atoms with Crippen LogP contribution in [0.2, 0.25) is 0 Å². The second-order valence-electron chi connectivity index (χ2n) is 5.65. The van der Waals surface area contributed by atoms with E-state index in [4.69, 9.17) is 0 Å². The molecule has 0 saturated heterocycles. The van der Waals surface area contributed by atoms with Crippen LogP contribution in [0.3, 0.4) is 0 Å². The van der Waals surface area contributed by atoms with E-state index in [-0.39, 0.29) is 5.91 Å². The first kappa shape index (κ1) is 16.4. The molecule has 0 radical (unpaired) electrons. The molecule has 3 rings (SSSR count). The van der Waals surface area contributed by atoms with Gasteiger partial charge in [-0.2, -0.15) is 0 Å². The van der Waals surface area contributed by atoms with Gasteiger partial charge in [-0.1, -0.05) is 11.8 Å². The van der Waals surface area contributed by atoms with Crippen LogP contribution >= 0.6 is 23.1 Å². The maximum Gasteiger partial charge on any atom is 0.226 e. The van der Waals surface area contributed by atoms with Gasteiger partial charge >= 0.3 is 0 Å². The lowest BCUT2D eigenvalue weighted by Crippen LogP contribution is -2.13. The first-order valence-electron chi connectivity index (χ1n) is 7.73. The van der Waals surface area contributed by atoms with E-state index < -0.39 is 0 Å². The number of rotatable bonds is 5. The van der Waals surface area contributed by atoms with Gasteiger partial charge < -0.3 is 5.32 Å². The van der Waals surface area contributed by atoms with Crippen molar-refractivity contribution in [1.29, 1.82) is 0 Å². The Morgan fingerprint density at radius 3 is 2.61 bits per heavy atom. The Balaban J connectivity index is 1.60. The Kier molecular flexibility index (Phi) is 4.96. The molecule has 23 heavy (non-hydrogen) atoms. The molecular weight excluding hydrogens is 328 g/mol. The minimum atomic E-state index is 0.00478. The molecule has 0 bridgehead atoms. The number of aromatic nitrogens is 3. The standard InChI is InChI=1S/C16H20N4OS2/c1-9-11(10(2)18-15(17-9)22-3)7-8-14(21)20-16-19-12-5-4-6-13(12)23-16/h4-8H2,1-3H3,(H,19,20,21). The van der Waals surface area contributed by atoms with E-state index in [0.29, 0.717) is 12.8 Å². The van der Waals surface area contributed by atoms with Crippen molar-refractivity contribution in [2.24, 2.45) is 0 Å². The number of hydrogen-bond acceptors (Lipinski definition) is 6. The molecule has 7 heteroatoms. The summed E-state index contributed by atoms with van der Waals surface area (Å²) < 4.78 is 0. The normalized spacial score (nSPS) is 13.2. The summed E-state index contributed by atoms with van der Waals surface area (Å²) in [6, 6.07) is 0. The summed E-state index contributed by atoms with van der Waals surface area (Å²) in [5.41, 5.74) is 4.16. The van der Waals surface area contributed by atoms with Crippen molar-refractivity contribution in [3.05, 3.63) is 27.5 Å². The average Bonchev–Trinajstić information content (AvgIpc) is 3.07. The molecule has 0 saturated carbocycles. The van der Waals surface area contributed by atoms with Gasteiger partial charge in [0.2, 0.25) is 5.91 Å². The molecule has 122 valence electrons. The first-order valence-corrected chi connectivity index (χ1v) is 9.77. The highest BCUT2D eigenvalue weighted by Gasteiger charge is 2.18. The molecule has 1 amide bonds. The van der Waals surface area contributed by atoms with Crippen LogP contribution in [0.4, 0.5) is 5.13 Å². The third-order valence-corrected chi connectivity index (χ3v) is 5.65. The van der Waals surface area contributed by atoms with Gasteiger partial charge in [0.1, 0.15) is 0 Å². The molecule has 0 aliphatic heterocycles. The van der Waals surface area contributed by atoms with E-state index in [1.807, 2.05) is 20.1 Å². The van der Waals surface area contributed by atoms with Crippen molar-refractivity contribution in [2.75, 3.05) is 11.6 Å². The quantitative estimate of drug-likeness (QED) is 0.663. The Morgan fingerprint density at radius 2 is 1.96 bits per heavy atom. The molecule has 1 aliphatic carbocycles. The lowest BCUT2D eigenvalue weighted by Gasteiger charge is -2.09. The van der Waals surface area contributed by atoms with E-state index in [1.54, 1.807) is 11.3 Å². The summed E-state index contributed by atoms with van der Waals surface area (Å²) >= 11 is 3.15. The first-order chi connectivity index (χ1) is 11.1. The van der Waals surface area contributed by atoms with E-state index >= 15 is 0 Å². The molecular formula is C16H20N4OS2. The molecule has 2 aromatic rings. The smallest absolute Gasteiger partial charge is 0.226 e. The Hall–Kier alpha value is -1.47. The molecule has 0 atom stereocenters. The van der Waals surface area contributed by atoms with Crippen LogP contribution in [0, 0.1) is 13.8 Å². The molecule has 0 unspecified atom stereocenters. The van der Waals surface area contributed by atoms with Gasteiger partial charge in [-0.05, 0) is 51.3 Å². The second kappa shape index (κ2) is 6.97. The van der Waals surface area contributed by atoms with Crippen LogP contribution in [-0.4, -0.2) is 27.1 Å². The van der Waals surface area contributed by atoms with Crippen molar-refractivity contribution in [3.63, 3.8) is 0 Å². The summed E-state index contributed by atoms with van der Waals surface area (Å²) in [5.74, 6) is 0.00478. The second-order valence-corrected chi connectivity index (χ2v) is 7.51. The van der Waals surface area contributed by atoms with Crippen LogP contribution in [-0.2, 0) is 24.1 Å². The largest absolute Gasteiger partial charge is 0.302 e. The highest BCUT2D eigenvalue weighted by Crippen LogP contribution is 2.30. The fourth-order valence-electron chi connectivity index (χ4n) is 2.83. The summed E-state index contributed by atoms with van der Waals surface area (Å²) in [6.07, 6.45) is 6.37. The van der Waals surface area contributed by atoms with Crippen molar-refractivity contribution < 1.29 is 4.79 Å². The summed E-state index contributed by atoms with van der Waals surface area (Å²) in [4.78, 5) is 26.9. The van der Waals surface area contributed by atoms with Gasteiger partial charge in [0.25, 0.3) is 0 Å². The van der Waals surface area contributed by atoms with E-state index in [0.717, 1.165) is 45.8 Å².